The number of esters is 1. The molecule has 0 saturated carbocycles. The fraction of sp³-hybridized carbons (Fsp3) is 0.629. The van der Waals surface area contributed by atoms with E-state index in [1.807, 2.05) is 31.2 Å². The van der Waals surface area contributed by atoms with Gasteiger partial charge in [-0.05, 0) is 67.7 Å². The smallest absolute Gasteiger partial charge is 0.423 e. The first-order valence-electron chi connectivity index (χ1n) is 16.1. The Balaban J connectivity index is 1.67. The fourth-order valence-electron chi connectivity index (χ4n) is 6.51. The lowest BCUT2D eigenvalue weighted by molar-refractivity contribution is -0.154. The van der Waals surface area contributed by atoms with Crippen molar-refractivity contribution < 1.29 is 24.2 Å². The maximum atomic E-state index is 14.0. The maximum Gasteiger partial charge on any atom is 0.423 e. The van der Waals surface area contributed by atoms with Crippen molar-refractivity contribution in [3.8, 4) is 0 Å². The van der Waals surface area contributed by atoms with Crippen LogP contribution in [0.25, 0.3) is 5.82 Å². The number of carbonyl (C=O) groups excluding carboxylic acids is 2. The summed E-state index contributed by atoms with van der Waals surface area (Å²) in [4.78, 5) is 39.1. The maximum absolute atomic E-state index is 14.0. The first kappa shape index (κ1) is 34.9. The molecule has 0 radical (unpaired) electrons. The Morgan fingerprint density at radius 3 is 2.33 bits per heavy atom. The Morgan fingerprint density at radius 1 is 1.02 bits per heavy atom. The summed E-state index contributed by atoms with van der Waals surface area (Å²) >= 11 is 1.63. The molecule has 1 N–H and O–H groups in total. The largest absolute Gasteiger partial charge is 0.428 e. The summed E-state index contributed by atoms with van der Waals surface area (Å²) < 4.78 is 12.0. The number of piperazine rings is 1. The molecule has 0 bridgehead atoms. The number of benzene rings is 1. The summed E-state index contributed by atoms with van der Waals surface area (Å²) in [7, 11) is 2.10. The van der Waals surface area contributed by atoms with Gasteiger partial charge in [0.1, 0.15) is 10.5 Å². The number of nitrogens with zero attached hydrogens (tertiary/aromatic N) is 4. The molecule has 3 heterocycles. The first-order chi connectivity index (χ1) is 21.0. The third-order valence-corrected chi connectivity index (χ3v) is 9.81. The molecule has 2 aliphatic rings. The molecule has 1 fully saturated rings. The van der Waals surface area contributed by atoms with Crippen LogP contribution in [-0.4, -0.2) is 73.1 Å². The van der Waals surface area contributed by atoms with Gasteiger partial charge < -0.3 is 24.4 Å². The molecule has 10 heteroatoms. The second kappa shape index (κ2) is 14.2. The molecule has 2 aromatic rings. The van der Waals surface area contributed by atoms with Gasteiger partial charge in [-0.1, -0.05) is 60.6 Å². The van der Waals surface area contributed by atoms with Crippen molar-refractivity contribution in [2.45, 2.75) is 80.8 Å². The van der Waals surface area contributed by atoms with E-state index in [1.165, 1.54) is 0 Å². The van der Waals surface area contributed by atoms with E-state index in [0.29, 0.717) is 11.4 Å². The van der Waals surface area contributed by atoms with Crippen LogP contribution in [-0.2, 0) is 20.7 Å². The number of para-hydroxylation sites is 2. The second-order valence-corrected chi connectivity index (χ2v) is 16.0. The van der Waals surface area contributed by atoms with Crippen molar-refractivity contribution in [1.29, 1.82) is 0 Å². The summed E-state index contributed by atoms with van der Waals surface area (Å²) in [5.74, 6) is 0.736. The summed E-state index contributed by atoms with van der Waals surface area (Å²) in [6, 6.07) is 9.72. The summed E-state index contributed by atoms with van der Waals surface area (Å²) in [6.07, 6.45) is 0.867. The van der Waals surface area contributed by atoms with Crippen LogP contribution in [0.15, 0.2) is 35.3 Å². The first-order valence-corrected chi connectivity index (χ1v) is 16.9. The number of rotatable bonds is 10. The van der Waals surface area contributed by atoms with Crippen molar-refractivity contribution in [2.75, 3.05) is 44.9 Å². The average molecular weight is 641 g/mol. The van der Waals surface area contributed by atoms with Gasteiger partial charge in [-0.15, -0.1) is 11.3 Å². The number of ether oxygens (including phenoxy) is 2. The van der Waals surface area contributed by atoms with E-state index in [0.717, 1.165) is 59.6 Å². The molecular formula is C35H52N4O5S. The number of hydrogen-bond acceptors (Lipinski definition) is 9. The molecule has 0 spiro atoms. The van der Waals surface area contributed by atoms with Crippen molar-refractivity contribution >= 4 is 40.6 Å². The lowest BCUT2D eigenvalue weighted by atomic mass is 9.74. The fourth-order valence-corrected chi connectivity index (χ4v) is 7.69. The van der Waals surface area contributed by atoms with Gasteiger partial charge in [-0.3, -0.25) is 4.79 Å². The second-order valence-electron chi connectivity index (χ2n) is 14.9. The van der Waals surface area contributed by atoms with Gasteiger partial charge >= 0.3 is 12.1 Å². The van der Waals surface area contributed by atoms with Crippen molar-refractivity contribution in [1.82, 2.24) is 9.80 Å². The van der Waals surface area contributed by atoms with E-state index in [9.17, 15) is 14.7 Å². The molecule has 9 nitrogen and oxygen atoms in total. The van der Waals surface area contributed by atoms with Crippen molar-refractivity contribution in [3.63, 3.8) is 0 Å². The summed E-state index contributed by atoms with van der Waals surface area (Å²) in [5.41, 5.74) is 1.12. The molecule has 0 aliphatic carbocycles. The van der Waals surface area contributed by atoms with Gasteiger partial charge in [0.25, 0.3) is 0 Å². The monoisotopic (exact) mass is 640 g/mol. The molecule has 2 aliphatic heterocycles. The van der Waals surface area contributed by atoms with E-state index in [2.05, 4.69) is 71.4 Å². The minimum Gasteiger partial charge on any atom is -0.428 e. The van der Waals surface area contributed by atoms with Crippen LogP contribution >= 0.6 is 11.3 Å². The van der Waals surface area contributed by atoms with E-state index in [-0.39, 0.29) is 29.1 Å². The van der Waals surface area contributed by atoms with Gasteiger partial charge in [0, 0.05) is 31.1 Å². The van der Waals surface area contributed by atoms with E-state index < -0.39 is 25.0 Å². The SMILES string of the molecule is CC(O)C(C)C(C)Cc1cc2c(s1)=Nc1ccccc1N(C(=O)OCOC(=O)CC(C)(C)CC(C)(C)C)C=2N1CCN(C)CC1. The molecule has 3 atom stereocenters. The van der Waals surface area contributed by atoms with Gasteiger partial charge in [0.2, 0.25) is 6.79 Å². The van der Waals surface area contributed by atoms with Crippen LogP contribution in [0.2, 0.25) is 0 Å². The normalized spacial score (nSPS) is 17.9. The zero-order chi connectivity index (χ0) is 33.1. The van der Waals surface area contributed by atoms with Gasteiger partial charge in [0.05, 0.1) is 29.1 Å². The van der Waals surface area contributed by atoms with Gasteiger partial charge in [0.15, 0.2) is 0 Å². The number of aliphatic hydroxyl groups is 1. The zero-order valence-electron chi connectivity index (χ0n) is 28.6. The molecule has 1 saturated heterocycles. The third-order valence-electron chi connectivity index (χ3n) is 8.76. The predicted molar refractivity (Wildman–Crippen MR) is 180 cm³/mol. The minimum absolute atomic E-state index is 0.0743. The van der Waals surface area contributed by atoms with E-state index in [4.69, 9.17) is 14.5 Å². The van der Waals surface area contributed by atoms with Crippen LogP contribution in [0.1, 0.15) is 73.1 Å². The Hall–Kier alpha value is -2.95. The predicted octanol–water partition coefficient (Wildman–Crippen LogP) is 5.52. The third kappa shape index (κ3) is 9.08. The average Bonchev–Trinajstić information content (AvgIpc) is 3.25. The van der Waals surface area contributed by atoms with E-state index in [1.54, 1.807) is 16.2 Å². The van der Waals surface area contributed by atoms with Gasteiger partial charge in [-0.25, -0.2) is 14.7 Å². The molecule has 1 aromatic carbocycles. The number of carbonyl (C=O) groups is 2. The number of amides is 1. The molecule has 4 rings (SSSR count). The Kier molecular flexibility index (Phi) is 11.0. The Bertz CT molecular complexity index is 1470. The number of anilines is 1. The molecular weight excluding hydrogens is 588 g/mol. The van der Waals surface area contributed by atoms with Crippen LogP contribution in [0.5, 0.6) is 0 Å². The number of likely N-dealkylation sites (N-methyl/N-ethyl adjacent to an activating group) is 1. The van der Waals surface area contributed by atoms with Crippen LogP contribution in [0.3, 0.4) is 0 Å². The number of aliphatic hydroxyl groups excluding tert-OH is 1. The molecule has 3 unspecified atom stereocenters. The van der Waals surface area contributed by atoms with Gasteiger partial charge in [-0.2, -0.15) is 0 Å². The highest BCUT2D eigenvalue weighted by Crippen LogP contribution is 2.37. The highest BCUT2D eigenvalue weighted by Gasteiger charge is 2.33. The molecule has 1 aromatic heterocycles. The summed E-state index contributed by atoms with van der Waals surface area (Å²) in [5, 5.41) is 11.1. The summed E-state index contributed by atoms with van der Waals surface area (Å²) in [6.45, 7) is 19.3. The Labute approximate surface area is 272 Å². The molecule has 248 valence electrons. The zero-order valence-corrected chi connectivity index (χ0v) is 29.4. The van der Waals surface area contributed by atoms with Crippen LogP contribution in [0, 0.1) is 22.7 Å². The quantitative estimate of drug-likeness (QED) is 0.270. The standard InChI is InChI=1S/C35H52N4O5S/c1-23(24(2)25(3)40)18-26-19-27-31(45-26)36-28-12-10-11-13-29(28)39(32(27)38-16-14-37(9)15-17-38)33(42)44-22-43-30(41)20-35(7,8)21-34(4,5)6/h10-13,19,23-25,40H,14-18,20-22H2,1-9H3. The van der Waals surface area contributed by atoms with Crippen molar-refractivity contribution in [3.05, 3.63) is 45.1 Å². The molecule has 1 amide bonds. The number of fused-ring (bicyclic) bond motifs is 2. The van der Waals surface area contributed by atoms with Crippen LogP contribution < -0.4 is 14.8 Å². The highest BCUT2D eigenvalue weighted by molar-refractivity contribution is 7.09. The molecule has 45 heavy (non-hydrogen) atoms. The lowest BCUT2D eigenvalue weighted by Gasteiger charge is -2.38. The topological polar surface area (TPSA) is 94.9 Å². The number of hydrogen-bond donors (Lipinski definition) is 1. The Morgan fingerprint density at radius 2 is 1.69 bits per heavy atom. The minimum atomic E-state index is -0.620. The van der Waals surface area contributed by atoms with E-state index >= 15 is 0 Å². The highest BCUT2D eigenvalue weighted by atomic mass is 32.1. The van der Waals surface area contributed by atoms with Crippen LogP contribution in [0.4, 0.5) is 16.2 Å². The number of thiophene rings is 1. The van der Waals surface area contributed by atoms with Crippen molar-refractivity contribution in [2.24, 2.45) is 27.7 Å². The lowest BCUT2D eigenvalue weighted by Crippen LogP contribution is -2.51.